The maximum absolute atomic E-state index is 11.9. The van der Waals surface area contributed by atoms with Crippen molar-refractivity contribution in [2.24, 2.45) is 0 Å². The molecule has 2 amide bonds. The predicted molar refractivity (Wildman–Crippen MR) is 91.7 cm³/mol. The second-order valence-corrected chi connectivity index (χ2v) is 6.22. The Hall–Kier alpha value is -2.28. The number of hydrogen-bond acceptors (Lipinski definition) is 5. The molecule has 0 bridgehead atoms. The fraction of sp³-hybridized carbons (Fsp3) is 0.312. The van der Waals surface area contributed by atoms with Gasteiger partial charge in [0.2, 0.25) is 11.8 Å². The third-order valence-electron chi connectivity index (χ3n) is 3.02. The molecule has 2 aromatic rings. The molecule has 0 atom stereocenters. The van der Waals surface area contributed by atoms with E-state index in [0.29, 0.717) is 11.6 Å². The molecule has 0 spiro atoms. The first kappa shape index (κ1) is 17.1. The third-order valence-corrected chi connectivity index (χ3v) is 3.95. The number of nitrogens with zero attached hydrogens (tertiary/aromatic N) is 1. The summed E-state index contributed by atoms with van der Waals surface area (Å²) in [6, 6.07) is 7.47. The molecule has 23 heavy (non-hydrogen) atoms. The van der Waals surface area contributed by atoms with Crippen molar-refractivity contribution in [1.82, 2.24) is 5.16 Å². The number of aromatic nitrogens is 1. The molecule has 0 fully saturated rings. The largest absolute Gasteiger partial charge is 0.360 e. The molecule has 0 unspecified atom stereocenters. The van der Waals surface area contributed by atoms with Crippen molar-refractivity contribution in [3.8, 4) is 0 Å². The molecule has 0 aliphatic rings. The molecule has 0 aliphatic carbocycles. The standard InChI is InChI=1S/C16H19N3O3S/c1-10-4-5-13(11(2)6-10)17-15(20)8-23-9-16(21)18-14-7-12(3)22-19-14/h4-7H,8-9H2,1-3H3,(H,17,20)(H,18,19,21). The zero-order valence-corrected chi connectivity index (χ0v) is 14.1. The van der Waals surface area contributed by atoms with E-state index >= 15 is 0 Å². The summed E-state index contributed by atoms with van der Waals surface area (Å²) in [6.45, 7) is 5.70. The van der Waals surface area contributed by atoms with Crippen LogP contribution in [0.25, 0.3) is 0 Å². The molecule has 2 rings (SSSR count). The van der Waals surface area contributed by atoms with Gasteiger partial charge < -0.3 is 15.2 Å². The van der Waals surface area contributed by atoms with Crippen LogP contribution in [0.1, 0.15) is 16.9 Å². The zero-order chi connectivity index (χ0) is 16.8. The summed E-state index contributed by atoms with van der Waals surface area (Å²) in [5, 5.41) is 9.13. The quantitative estimate of drug-likeness (QED) is 0.849. The first-order chi connectivity index (χ1) is 10.9. The summed E-state index contributed by atoms with van der Waals surface area (Å²) in [5.41, 5.74) is 2.96. The van der Waals surface area contributed by atoms with Crippen molar-refractivity contribution in [3.63, 3.8) is 0 Å². The van der Waals surface area contributed by atoms with E-state index in [1.54, 1.807) is 13.0 Å². The van der Waals surface area contributed by atoms with Crippen molar-refractivity contribution in [2.75, 3.05) is 22.1 Å². The summed E-state index contributed by atoms with van der Waals surface area (Å²) in [6.07, 6.45) is 0. The van der Waals surface area contributed by atoms with Gasteiger partial charge in [0.15, 0.2) is 5.82 Å². The molecule has 122 valence electrons. The zero-order valence-electron chi connectivity index (χ0n) is 13.3. The predicted octanol–water partition coefficient (Wildman–Crippen LogP) is 2.91. The van der Waals surface area contributed by atoms with Crippen LogP contribution >= 0.6 is 11.8 Å². The average molecular weight is 333 g/mol. The molecule has 0 radical (unpaired) electrons. The van der Waals surface area contributed by atoms with Crippen LogP contribution in [-0.4, -0.2) is 28.5 Å². The summed E-state index contributed by atoms with van der Waals surface area (Å²) < 4.78 is 4.86. The monoisotopic (exact) mass is 333 g/mol. The lowest BCUT2D eigenvalue weighted by Gasteiger charge is -2.09. The van der Waals surface area contributed by atoms with Crippen LogP contribution in [0.2, 0.25) is 0 Å². The van der Waals surface area contributed by atoms with E-state index in [1.165, 1.54) is 11.8 Å². The maximum Gasteiger partial charge on any atom is 0.235 e. The van der Waals surface area contributed by atoms with Crippen LogP contribution in [0.5, 0.6) is 0 Å². The number of amides is 2. The van der Waals surface area contributed by atoms with E-state index in [-0.39, 0.29) is 23.3 Å². The summed E-state index contributed by atoms with van der Waals surface area (Å²) in [4.78, 5) is 23.6. The van der Waals surface area contributed by atoms with Gasteiger partial charge in [0.05, 0.1) is 11.5 Å². The number of aryl methyl sites for hydroxylation is 3. The number of carbonyl (C=O) groups is 2. The number of rotatable bonds is 6. The van der Waals surface area contributed by atoms with Gasteiger partial charge in [-0.2, -0.15) is 0 Å². The number of benzene rings is 1. The number of anilines is 2. The molecule has 2 N–H and O–H groups in total. The molecule has 1 aromatic heterocycles. The van der Waals surface area contributed by atoms with Crippen molar-refractivity contribution in [2.45, 2.75) is 20.8 Å². The molecule has 0 saturated heterocycles. The Balaban J connectivity index is 1.73. The van der Waals surface area contributed by atoms with Crippen LogP contribution in [0.3, 0.4) is 0 Å². The van der Waals surface area contributed by atoms with Gasteiger partial charge >= 0.3 is 0 Å². The smallest absolute Gasteiger partial charge is 0.235 e. The number of thioether (sulfide) groups is 1. The Morgan fingerprint density at radius 2 is 1.78 bits per heavy atom. The number of carbonyl (C=O) groups excluding carboxylic acids is 2. The first-order valence-electron chi connectivity index (χ1n) is 7.12. The van der Waals surface area contributed by atoms with Crippen LogP contribution < -0.4 is 10.6 Å². The Bertz CT molecular complexity index is 712. The van der Waals surface area contributed by atoms with Crippen LogP contribution in [0.15, 0.2) is 28.8 Å². The first-order valence-corrected chi connectivity index (χ1v) is 8.27. The lowest BCUT2D eigenvalue weighted by molar-refractivity contribution is -0.114. The van der Waals surface area contributed by atoms with Gasteiger partial charge in [-0.1, -0.05) is 22.9 Å². The molecule has 1 aromatic carbocycles. The number of hydrogen-bond donors (Lipinski definition) is 2. The molecule has 1 heterocycles. The lowest BCUT2D eigenvalue weighted by atomic mass is 10.1. The molecule has 6 nitrogen and oxygen atoms in total. The van der Waals surface area contributed by atoms with E-state index in [4.69, 9.17) is 4.52 Å². The Morgan fingerprint density at radius 3 is 2.39 bits per heavy atom. The Labute approximate surface area is 139 Å². The summed E-state index contributed by atoms with van der Waals surface area (Å²) in [7, 11) is 0. The SMILES string of the molecule is Cc1ccc(NC(=O)CSCC(=O)Nc2cc(C)on2)c(C)c1. The molecular weight excluding hydrogens is 314 g/mol. The van der Waals surface area contributed by atoms with Gasteiger partial charge in [0.1, 0.15) is 5.76 Å². The molecule has 0 aliphatic heterocycles. The van der Waals surface area contributed by atoms with Gasteiger partial charge in [0, 0.05) is 11.8 Å². The third kappa shape index (κ3) is 5.45. The normalized spacial score (nSPS) is 10.4. The molecule has 7 heteroatoms. The highest BCUT2D eigenvalue weighted by Gasteiger charge is 2.09. The topological polar surface area (TPSA) is 84.2 Å². The molecule has 0 saturated carbocycles. The highest BCUT2D eigenvalue weighted by molar-refractivity contribution is 8.00. The van der Waals surface area contributed by atoms with Crippen LogP contribution in [-0.2, 0) is 9.59 Å². The summed E-state index contributed by atoms with van der Waals surface area (Å²) in [5.74, 6) is 1.04. The Morgan fingerprint density at radius 1 is 1.09 bits per heavy atom. The van der Waals surface area contributed by atoms with Gasteiger partial charge in [-0.05, 0) is 32.4 Å². The van der Waals surface area contributed by atoms with Crippen molar-refractivity contribution in [3.05, 3.63) is 41.2 Å². The number of nitrogens with one attached hydrogen (secondary N) is 2. The van der Waals surface area contributed by atoms with Gasteiger partial charge in [-0.15, -0.1) is 11.8 Å². The van der Waals surface area contributed by atoms with Crippen molar-refractivity contribution in [1.29, 1.82) is 0 Å². The highest BCUT2D eigenvalue weighted by atomic mass is 32.2. The van der Waals surface area contributed by atoms with E-state index in [9.17, 15) is 9.59 Å². The van der Waals surface area contributed by atoms with Crippen LogP contribution in [0, 0.1) is 20.8 Å². The lowest BCUT2D eigenvalue weighted by Crippen LogP contribution is -2.18. The Kier molecular flexibility index (Phi) is 5.81. The fourth-order valence-corrected chi connectivity index (χ4v) is 2.60. The summed E-state index contributed by atoms with van der Waals surface area (Å²) >= 11 is 1.24. The minimum Gasteiger partial charge on any atom is -0.360 e. The average Bonchev–Trinajstić information content (AvgIpc) is 2.87. The minimum absolute atomic E-state index is 0.132. The highest BCUT2D eigenvalue weighted by Crippen LogP contribution is 2.16. The second kappa shape index (κ2) is 7.82. The molecular formula is C16H19N3O3S. The van der Waals surface area contributed by atoms with E-state index in [2.05, 4.69) is 15.8 Å². The van der Waals surface area contributed by atoms with Gasteiger partial charge in [-0.25, -0.2) is 0 Å². The van der Waals surface area contributed by atoms with Gasteiger partial charge in [-0.3, -0.25) is 9.59 Å². The van der Waals surface area contributed by atoms with E-state index < -0.39 is 0 Å². The maximum atomic E-state index is 11.9. The van der Waals surface area contributed by atoms with Crippen molar-refractivity contribution >= 4 is 35.1 Å². The van der Waals surface area contributed by atoms with E-state index in [1.807, 2.05) is 32.0 Å². The second-order valence-electron chi connectivity index (χ2n) is 5.23. The van der Waals surface area contributed by atoms with Gasteiger partial charge in [0.25, 0.3) is 0 Å². The minimum atomic E-state index is -0.220. The van der Waals surface area contributed by atoms with Crippen molar-refractivity contribution < 1.29 is 14.1 Å². The fourth-order valence-electron chi connectivity index (χ4n) is 1.98. The van der Waals surface area contributed by atoms with Crippen LogP contribution in [0.4, 0.5) is 11.5 Å². The van der Waals surface area contributed by atoms with E-state index in [0.717, 1.165) is 16.8 Å².